The summed E-state index contributed by atoms with van der Waals surface area (Å²) < 4.78 is 5.17. The smallest absolute Gasteiger partial charge is 0.247 e. The summed E-state index contributed by atoms with van der Waals surface area (Å²) in [4.78, 5) is 27.9. The van der Waals surface area contributed by atoms with Gasteiger partial charge in [-0.05, 0) is 25.0 Å². The summed E-state index contributed by atoms with van der Waals surface area (Å²) in [5.41, 5.74) is 1.56. The number of benzene rings is 1. The summed E-state index contributed by atoms with van der Waals surface area (Å²) in [6, 6.07) is 9.63. The summed E-state index contributed by atoms with van der Waals surface area (Å²) in [5.74, 6) is 0.636. The summed E-state index contributed by atoms with van der Waals surface area (Å²) in [6.45, 7) is 2.53. The van der Waals surface area contributed by atoms with E-state index in [-0.39, 0.29) is 24.3 Å². The van der Waals surface area contributed by atoms with Crippen LogP contribution in [-0.2, 0) is 16.1 Å². The molecule has 0 aliphatic carbocycles. The Bertz CT molecular complexity index is 783. The molecule has 1 aromatic heterocycles. The number of nitrogens with one attached hydrogen (secondary N) is 2. The maximum Gasteiger partial charge on any atom is 0.247 e. The Morgan fingerprint density at radius 2 is 2.20 bits per heavy atom. The Labute approximate surface area is 145 Å². The maximum absolute atomic E-state index is 12.2. The summed E-state index contributed by atoms with van der Waals surface area (Å²) in [5, 5.41) is 9.47. The van der Waals surface area contributed by atoms with Crippen LogP contribution in [0, 0.1) is 0 Å². The fraction of sp³-hybridized carbons (Fsp3) is 0.333. The van der Waals surface area contributed by atoms with Gasteiger partial charge in [-0.15, -0.1) is 0 Å². The molecule has 0 saturated carbocycles. The van der Waals surface area contributed by atoms with Crippen molar-refractivity contribution in [3.63, 3.8) is 0 Å². The number of nitrogens with zero attached hydrogens (tertiary/aromatic N) is 2. The fourth-order valence-electron chi connectivity index (χ4n) is 2.67. The average molecular weight is 340 g/mol. The second-order valence-corrected chi connectivity index (χ2v) is 6.01. The van der Waals surface area contributed by atoms with Gasteiger partial charge in [-0.25, -0.2) is 0 Å². The van der Waals surface area contributed by atoms with Gasteiger partial charge in [0.25, 0.3) is 0 Å². The van der Waals surface area contributed by atoms with Gasteiger partial charge in [-0.1, -0.05) is 35.5 Å². The molecule has 0 radical (unpaired) electrons. The standard InChI is InChI=1S/C18H20N4O3/c1-12(9-13-5-3-2-4-6-13)18(24)20-11-16-21-17(22-25-16)14-7-8-19-15(23)10-14/h2-6,9,14H,7-8,10-11H2,1H3,(H,19,23)(H,20,24)/b12-9+. The first kappa shape index (κ1) is 16.9. The topological polar surface area (TPSA) is 97.1 Å². The molecule has 1 fully saturated rings. The second-order valence-electron chi connectivity index (χ2n) is 6.01. The van der Waals surface area contributed by atoms with Crippen LogP contribution in [0.5, 0.6) is 0 Å². The van der Waals surface area contributed by atoms with Gasteiger partial charge in [0, 0.05) is 24.5 Å². The fourth-order valence-corrected chi connectivity index (χ4v) is 2.67. The van der Waals surface area contributed by atoms with Gasteiger partial charge < -0.3 is 15.2 Å². The van der Waals surface area contributed by atoms with Crippen LogP contribution in [0.1, 0.15) is 43.0 Å². The molecule has 2 N–H and O–H groups in total. The monoisotopic (exact) mass is 340 g/mol. The van der Waals surface area contributed by atoms with Gasteiger partial charge in [-0.3, -0.25) is 9.59 Å². The van der Waals surface area contributed by atoms with Gasteiger partial charge in [0.1, 0.15) is 0 Å². The molecule has 1 aliphatic heterocycles. The molecule has 0 bridgehead atoms. The van der Waals surface area contributed by atoms with E-state index >= 15 is 0 Å². The number of carbonyl (C=O) groups is 2. The van der Waals surface area contributed by atoms with Crippen LogP contribution in [0.4, 0.5) is 0 Å². The molecule has 1 aliphatic rings. The molecule has 3 rings (SSSR count). The van der Waals surface area contributed by atoms with Crippen LogP contribution in [0.3, 0.4) is 0 Å². The van der Waals surface area contributed by atoms with Crippen molar-refractivity contribution >= 4 is 17.9 Å². The lowest BCUT2D eigenvalue weighted by molar-refractivity contribution is -0.122. The van der Waals surface area contributed by atoms with E-state index in [0.717, 1.165) is 12.0 Å². The van der Waals surface area contributed by atoms with Crippen molar-refractivity contribution in [3.8, 4) is 0 Å². The highest BCUT2D eigenvalue weighted by atomic mass is 16.5. The number of hydrogen-bond acceptors (Lipinski definition) is 5. The molecule has 0 spiro atoms. The van der Waals surface area contributed by atoms with Gasteiger partial charge in [0.2, 0.25) is 17.7 Å². The first-order chi connectivity index (χ1) is 12.1. The van der Waals surface area contributed by atoms with Crippen molar-refractivity contribution in [1.29, 1.82) is 0 Å². The number of piperidine rings is 1. The van der Waals surface area contributed by atoms with Crippen LogP contribution in [0.15, 0.2) is 40.4 Å². The van der Waals surface area contributed by atoms with Gasteiger partial charge in [0.15, 0.2) is 5.82 Å². The van der Waals surface area contributed by atoms with Crippen molar-refractivity contribution in [1.82, 2.24) is 20.8 Å². The number of rotatable bonds is 5. The van der Waals surface area contributed by atoms with Crippen LogP contribution < -0.4 is 10.6 Å². The van der Waals surface area contributed by atoms with Crippen molar-refractivity contribution in [2.75, 3.05) is 6.54 Å². The van der Waals surface area contributed by atoms with E-state index in [1.54, 1.807) is 6.92 Å². The Balaban J connectivity index is 1.56. The summed E-state index contributed by atoms with van der Waals surface area (Å²) in [6.07, 6.45) is 2.97. The molecule has 7 heteroatoms. The summed E-state index contributed by atoms with van der Waals surface area (Å²) >= 11 is 0. The molecule has 25 heavy (non-hydrogen) atoms. The zero-order valence-corrected chi connectivity index (χ0v) is 14.0. The minimum atomic E-state index is -0.194. The van der Waals surface area contributed by atoms with E-state index in [4.69, 9.17) is 4.52 Å². The van der Waals surface area contributed by atoms with Crippen molar-refractivity contribution in [2.24, 2.45) is 0 Å². The highest BCUT2D eigenvalue weighted by Gasteiger charge is 2.25. The molecule has 130 valence electrons. The average Bonchev–Trinajstić information content (AvgIpc) is 3.09. The normalized spacial score (nSPS) is 17.9. The Kier molecular flexibility index (Phi) is 5.23. The number of aromatic nitrogens is 2. The number of amides is 2. The summed E-state index contributed by atoms with van der Waals surface area (Å²) in [7, 11) is 0. The van der Waals surface area contributed by atoms with Crippen LogP contribution in [0.25, 0.3) is 6.08 Å². The SMILES string of the molecule is C/C(=C\c1ccccc1)C(=O)NCc1nc(C2CCNC(=O)C2)no1. The van der Waals surface area contributed by atoms with Crippen molar-refractivity contribution < 1.29 is 14.1 Å². The molecule has 1 atom stereocenters. The lowest BCUT2D eigenvalue weighted by atomic mass is 9.97. The quantitative estimate of drug-likeness (QED) is 0.809. The predicted octanol–water partition coefficient (Wildman–Crippen LogP) is 1.78. The Morgan fingerprint density at radius 1 is 1.40 bits per heavy atom. The first-order valence-corrected chi connectivity index (χ1v) is 8.22. The molecule has 2 heterocycles. The Morgan fingerprint density at radius 3 is 2.96 bits per heavy atom. The minimum absolute atomic E-state index is 0.00224. The van der Waals surface area contributed by atoms with E-state index in [9.17, 15) is 9.59 Å². The lowest BCUT2D eigenvalue weighted by Gasteiger charge is -2.18. The molecule has 2 amide bonds. The predicted molar refractivity (Wildman–Crippen MR) is 91.2 cm³/mol. The van der Waals surface area contributed by atoms with Crippen LogP contribution in [-0.4, -0.2) is 28.5 Å². The highest BCUT2D eigenvalue weighted by Crippen LogP contribution is 2.22. The van der Waals surface area contributed by atoms with E-state index < -0.39 is 0 Å². The van der Waals surface area contributed by atoms with Gasteiger partial charge in [-0.2, -0.15) is 4.98 Å². The highest BCUT2D eigenvalue weighted by molar-refractivity contribution is 5.97. The van der Waals surface area contributed by atoms with E-state index in [2.05, 4.69) is 20.8 Å². The van der Waals surface area contributed by atoms with E-state index in [0.29, 0.717) is 30.3 Å². The molecule has 1 aromatic carbocycles. The van der Waals surface area contributed by atoms with E-state index in [1.165, 1.54) is 0 Å². The molecule has 1 saturated heterocycles. The zero-order valence-electron chi connectivity index (χ0n) is 14.0. The molecule has 1 unspecified atom stereocenters. The van der Waals surface area contributed by atoms with Gasteiger partial charge >= 0.3 is 0 Å². The Hall–Kier alpha value is -2.96. The van der Waals surface area contributed by atoms with Gasteiger partial charge in [0.05, 0.1) is 6.54 Å². The van der Waals surface area contributed by atoms with Crippen LogP contribution in [0.2, 0.25) is 0 Å². The third kappa shape index (κ3) is 4.53. The third-order valence-electron chi connectivity index (χ3n) is 4.04. The number of carbonyl (C=O) groups excluding carboxylic acids is 2. The minimum Gasteiger partial charge on any atom is -0.356 e. The van der Waals surface area contributed by atoms with Crippen molar-refractivity contribution in [2.45, 2.75) is 32.2 Å². The van der Waals surface area contributed by atoms with Crippen LogP contribution >= 0.6 is 0 Å². The van der Waals surface area contributed by atoms with Crippen molar-refractivity contribution in [3.05, 3.63) is 53.2 Å². The third-order valence-corrected chi connectivity index (χ3v) is 4.04. The molecular formula is C18H20N4O3. The number of hydrogen-bond donors (Lipinski definition) is 2. The first-order valence-electron chi connectivity index (χ1n) is 8.22. The second kappa shape index (κ2) is 7.74. The largest absolute Gasteiger partial charge is 0.356 e. The maximum atomic E-state index is 12.2. The molecular weight excluding hydrogens is 320 g/mol. The molecule has 7 nitrogen and oxygen atoms in total. The molecule has 2 aromatic rings. The van der Waals surface area contributed by atoms with E-state index in [1.807, 2.05) is 36.4 Å². The zero-order chi connectivity index (χ0) is 17.6. The lowest BCUT2D eigenvalue weighted by Crippen LogP contribution is -2.32.